The van der Waals surface area contributed by atoms with E-state index in [1.54, 1.807) is 0 Å². The van der Waals surface area contributed by atoms with Gasteiger partial charge >= 0.3 is 5.97 Å². The maximum Gasteiger partial charge on any atom is 0.337 e. The number of ether oxygens (including phenoxy) is 3. The monoisotopic (exact) mass is 612 g/mol. The van der Waals surface area contributed by atoms with Gasteiger partial charge in [0.05, 0.1) is 28.6 Å². The molecule has 0 amide bonds. The van der Waals surface area contributed by atoms with Gasteiger partial charge in [0.25, 0.3) is 0 Å². The van der Waals surface area contributed by atoms with E-state index in [1.807, 2.05) is 68.6 Å². The smallest absolute Gasteiger partial charge is 0.337 e. The Bertz CT molecular complexity index is 1700. The average Bonchev–Trinajstić information content (AvgIpc) is 3.41. The quantitative estimate of drug-likeness (QED) is 0.258. The summed E-state index contributed by atoms with van der Waals surface area (Å²) in [4.78, 5) is 19.9. The zero-order valence-corrected chi connectivity index (χ0v) is 27.2. The number of aromatic nitrogens is 3. The summed E-state index contributed by atoms with van der Waals surface area (Å²) in [6, 6.07) is 18.4. The summed E-state index contributed by atoms with van der Waals surface area (Å²) in [5.41, 5.74) is 4.56. The van der Waals surface area contributed by atoms with E-state index < -0.39 is 17.7 Å². The number of carboxylic acids is 1. The molecule has 1 N–H and O–H groups in total. The maximum atomic E-state index is 12.8. The summed E-state index contributed by atoms with van der Waals surface area (Å²) in [6.07, 6.45) is 2.20. The number of para-hydroxylation sites is 1. The summed E-state index contributed by atoms with van der Waals surface area (Å²) in [6.45, 7) is 13.8. The van der Waals surface area contributed by atoms with E-state index in [1.165, 1.54) is 0 Å². The fraction of sp³-hybridized carbons (Fsp3) is 0.472. The third-order valence-electron chi connectivity index (χ3n) is 8.77. The van der Waals surface area contributed by atoms with Crippen LogP contribution < -0.4 is 9.64 Å². The van der Waals surface area contributed by atoms with E-state index in [0.717, 1.165) is 53.8 Å². The molecule has 6 bridgehead atoms. The number of piperidine rings is 1. The van der Waals surface area contributed by atoms with E-state index in [9.17, 15) is 9.90 Å². The molecule has 7 rings (SSSR count). The number of rotatable bonds is 3. The molecule has 9 nitrogen and oxygen atoms in total. The Morgan fingerprint density at radius 2 is 1.82 bits per heavy atom. The maximum absolute atomic E-state index is 12.8. The van der Waals surface area contributed by atoms with E-state index in [4.69, 9.17) is 24.3 Å². The van der Waals surface area contributed by atoms with Crippen LogP contribution in [0.1, 0.15) is 77.7 Å². The summed E-state index contributed by atoms with van der Waals surface area (Å²) in [5.74, 6) is 0.502. The molecule has 0 spiro atoms. The van der Waals surface area contributed by atoms with Crippen molar-refractivity contribution in [3.8, 4) is 28.1 Å². The molecule has 0 radical (unpaired) electrons. The largest absolute Gasteiger partial charge is 0.490 e. The highest BCUT2D eigenvalue weighted by Gasteiger charge is 2.38. The van der Waals surface area contributed by atoms with Crippen molar-refractivity contribution < 1.29 is 24.1 Å². The van der Waals surface area contributed by atoms with Gasteiger partial charge in [0.15, 0.2) is 11.8 Å². The van der Waals surface area contributed by atoms with Crippen LogP contribution in [-0.2, 0) is 14.3 Å². The molecule has 0 aliphatic carbocycles. The Hall–Kier alpha value is -3.95. The SMILES string of the molecule is Cc1nc2cc3nn2c(c1[C@H](OC(C)(C)C)C(=O)O)N1CCC(C)(CC1)OCCC[C@H](C)Oc1ccccc1-c1cccc-3c1. The highest BCUT2D eigenvalue weighted by molar-refractivity contribution is 5.80. The van der Waals surface area contributed by atoms with Crippen molar-refractivity contribution in [1.82, 2.24) is 14.6 Å². The second-order valence-electron chi connectivity index (χ2n) is 13.6. The standard InChI is InChI=1S/C36H44N4O5/c1-23-11-10-20-43-36(6)16-18-39(19-17-36)33-31(32(34(41)42)45-35(3,4)5)24(2)37-30-22-28(38-40(30)33)26-13-9-12-25(21-26)27-14-7-8-15-29(27)44-23/h7-9,12-15,21-23,32H,10-11,16-20H2,1-6H3,(H,41,42)/t23-,32-/m0/s1. The summed E-state index contributed by atoms with van der Waals surface area (Å²) in [5, 5.41) is 15.5. The number of aryl methyl sites for hydroxylation is 1. The number of hydrogen-bond acceptors (Lipinski definition) is 7. The molecule has 3 aliphatic rings. The van der Waals surface area contributed by atoms with Crippen LogP contribution in [0.3, 0.4) is 0 Å². The number of hydrogen-bond donors (Lipinski definition) is 1. The molecule has 238 valence electrons. The van der Waals surface area contributed by atoms with Gasteiger partial charge in [0.2, 0.25) is 0 Å². The molecule has 2 aromatic heterocycles. The normalized spacial score (nSPS) is 21.5. The second kappa shape index (κ2) is 12.1. The summed E-state index contributed by atoms with van der Waals surface area (Å²) < 4.78 is 21.0. The lowest BCUT2D eigenvalue weighted by Crippen LogP contribution is -2.46. The van der Waals surface area contributed by atoms with Crippen molar-refractivity contribution in [3.05, 3.63) is 65.9 Å². The molecular weight excluding hydrogens is 568 g/mol. The van der Waals surface area contributed by atoms with Crippen LogP contribution in [0.4, 0.5) is 5.82 Å². The highest BCUT2D eigenvalue weighted by atomic mass is 16.5. The lowest BCUT2D eigenvalue weighted by atomic mass is 9.92. The van der Waals surface area contributed by atoms with Gasteiger partial charge in [-0.25, -0.2) is 9.78 Å². The van der Waals surface area contributed by atoms with Crippen LogP contribution in [0.15, 0.2) is 54.6 Å². The van der Waals surface area contributed by atoms with Gasteiger partial charge in [0, 0.05) is 42.6 Å². The molecular formula is C36H44N4O5. The molecule has 45 heavy (non-hydrogen) atoms. The Kier molecular flexibility index (Phi) is 8.35. The van der Waals surface area contributed by atoms with Crippen LogP contribution in [0, 0.1) is 6.92 Å². The third-order valence-corrected chi connectivity index (χ3v) is 8.77. The molecule has 3 aliphatic heterocycles. The van der Waals surface area contributed by atoms with Gasteiger partial charge in [0.1, 0.15) is 11.6 Å². The van der Waals surface area contributed by atoms with Crippen LogP contribution in [0.2, 0.25) is 0 Å². The van der Waals surface area contributed by atoms with E-state index in [-0.39, 0.29) is 11.7 Å². The van der Waals surface area contributed by atoms with Gasteiger partial charge in [-0.1, -0.05) is 36.4 Å². The zero-order chi connectivity index (χ0) is 31.9. The van der Waals surface area contributed by atoms with Crippen LogP contribution in [0.25, 0.3) is 28.0 Å². The average molecular weight is 613 g/mol. The van der Waals surface area contributed by atoms with Crippen molar-refractivity contribution in [1.29, 1.82) is 0 Å². The van der Waals surface area contributed by atoms with Gasteiger partial charge < -0.3 is 24.2 Å². The molecule has 9 heteroatoms. The van der Waals surface area contributed by atoms with Gasteiger partial charge in [-0.2, -0.15) is 9.61 Å². The van der Waals surface area contributed by atoms with Gasteiger partial charge in [-0.15, -0.1) is 0 Å². The fourth-order valence-electron chi connectivity index (χ4n) is 6.41. The van der Waals surface area contributed by atoms with E-state index in [0.29, 0.717) is 42.4 Å². The molecule has 1 saturated heterocycles. The Labute approximate surface area is 265 Å². The number of benzene rings is 2. The number of anilines is 1. The Morgan fingerprint density at radius 3 is 2.56 bits per heavy atom. The minimum atomic E-state index is -1.21. The van der Waals surface area contributed by atoms with Crippen molar-refractivity contribution in [2.75, 3.05) is 24.6 Å². The Morgan fingerprint density at radius 1 is 1.09 bits per heavy atom. The fourth-order valence-corrected chi connectivity index (χ4v) is 6.41. The summed E-state index contributed by atoms with van der Waals surface area (Å²) in [7, 11) is 0. The molecule has 0 unspecified atom stereocenters. The van der Waals surface area contributed by atoms with Crippen LogP contribution >= 0.6 is 0 Å². The third kappa shape index (κ3) is 6.56. The first kappa shape index (κ1) is 31.0. The first-order valence-electron chi connectivity index (χ1n) is 16.0. The number of aliphatic carboxylic acids is 1. The van der Waals surface area contributed by atoms with Gasteiger partial charge in [-0.05, 0) is 84.9 Å². The minimum absolute atomic E-state index is 0.0375. The molecule has 1 fully saturated rings. The van der Waals surface area contributed by atoms with E-state index >= 15 is 0 Å². The van der Waals surface area contributed by atoms with Crippen molar-refractivity contribution in [2.24, 2.45) is 0 Å². The molecule has 2 aromatic carbocycles. The number of carbonyl (C=O) groups is 1. The predicted molar refractivity (Wildman–Crippen MR) is 175 cm³/mol. The number of carboxylic acid groups (broad SMARTS) is 1. The molecule has 4 aromatic rings. The van der Waals surface area contributed by atoms with Crippen LogP contribution in [0.5, 0.6) is 5.75 Å². The van der Waals surface area contributed by atoms with Crippen molar-refractivity contribution in [3.63, 3.8) is 0 Å². The second-order valence-corrected chi connectivity index (χ2v) is 13.6. The summed E-state index contributed by atoms with van der Waals surface area (Å²) >= 11 is 0. The zero-order valence-electron chi connectivity index (χ0n) is 27.2. The predicted octanol–water partition coefficient (Wildman–Crippen LogP) is 7.25. The minimum Gasteiger partial charge on any atom is -0.490 e. The van der Waals surface area contributed by atoms with E-state index in [2.05, 4.69) is 36.9 Å². The first-order chi connectivity index (χ1) is 21.4. The highest BCUT2D eigenvalue weighted by Crippen LogP contribution is 2.39. The number of nitrogens with zero attached hydrogens (tertiary/aromatic N) is 4. The van der Waals surface area contributed by atoms with Crippen molar-refractivity contribution in [2.45, 2.75) is 90.6 Å². The number of fused-ring (bicyclic) bond motifs is 7. The lowest BCUT2D eigenvalue weighted by Gasteiger charge is -2.41. The van der Waals surface area contributed by atoms with Crippen molar-refractivity contribution >= 4 is 17.4 Å². The molecule has 2 atom stereocenters. The lowest BCUT2D eigenvalue weighted by molar-refractivity contribution is -0.160. The van der Waals surface area contributed by atoms with Gasteiger partial charge in [-0.3, -0.25) is 0 Å². The topological polar surface area (TPSA) is 98.4 Å². The Balaban J connectivity index is 1.54. The van der Waals surface area contributed by atoms with Crippen LogP contribution in [-0.4, -0.2) is 62.7 Å². The first-order valence-corrected chi connectivity index (χ1v) is 16.0. The molecule has 5 heterocycles. The molecule has 0 saturated carbocycles.